The van der Waals surface area contributed by atoms with Crippen LogP contribution in [-0.2, 0) is 16.5 Å². The van der Waals surface area contributed by atoms with Crippen LogP contribution < -0.4 is 16.0 Å². The molecule has 0 unspecified atom stereocenters. The molecule has 2 N–H and O–H groups in total. The molecule has 1 atom stereocenters. The van der Waals surface area contributed by atoms with Gasteiger partial charge in [-0.15, -0.1) is 0 Å². The third-order valence-electron chi connectivity index (χ3n) is 5.37. The Morgan fingerprint density at radius 2 is 2.25 bits per heavy atom. The molecule has 9 heteroatoms. The van der Waals surface area contributed by atoms with Crippen molar-refractivity contribution in [2.45, 2.75) is 19.3 Å². The summed E-state index contributed by atoms with van der Waals surface area (Å²) in [6.45, 7) is 2.10. The van der Waals surface area contributed by atoms with Crippen molar-refractivity contribution in [3.8, 4) is 0 Å². The van der Waals surface area contributed by atoms with E-state index in [0.717, 1.165) is 53.4 Å². The normalized spacial score (nSPS) is 19.1. The van der Waals surface area contributed by atoms with Crippen molar-refractivity contribution >= 4 is 23.3 Å². The molecule has 2 amide bonds. The monoisotopic (exact) mass is 386 g/mol. The Morgan fingerprint density at radius 1 is 1.39 bits per heavy atom. The number of aromatic amines is 1. The predicted molar refractivity (Wildman–Crippen MR) is 104 cm³/mol. The van der Waals surface area contributed by atoms with Crippen LogP contribution >= 0.6 is 0 Å². The van der Waals surface area contributed by atoms with Crippen LogP contribution in [0.5, 0.6) is 0 Å². The largest absolute Gasteiger partial charge is 0.499 e. The highest BCUT2D eigenvalue weighted by Gasteiger charge is 2.27. The number of urea groups is 1. The number of likely N-dealkylation sites (tertiary alicyclic amines) is 1. The first-order valence-corrected chi connectivity index (χ1v) is 9.49. The van der Waals surface area contributed by atoms with Gasteiger partial charge in [0.25, 0.3) is 0 Å². The molecule has 1 fully saturated rings. The van der Waals surface area contributed by atoms with E-state index < -0.39 is 0 Å². The molecule has 1 saturated heterocycles. The molecule has 1 aliphatic carbocycles. The van der Waals surface area contributed by atoms with Gasteiger partial charge in [-0.2, -0.15) is 5.10 Å². The lowest BCUT2D eigenvalue weighted by Gasteiger charge is -2.16. The molecular weight excluding hydrogens is 360 g/mol. The number of nitrogens with zero attached hydrogens (tertiary/aromatic N) is 4. The molecule has 0 aromatic carbocycles. The first-order valence-electron chi connectivity index (χ1n) is 9.49. The maximum atomic E-state index is 12.6. The average Bonchev–Trinajstić information content (AvgIpc) is 3.40. The summed E-state index contributed by atoms with van der Waals surface area (Å²) in [5, 5.41) is 8.80. The number of carbonyl (C=O) groups is 1. The highest BCUT2D eigenvalue weighted by atomic mass is 16.5. The Hall–Kier alpha value is -2.81. The minimum atomic E-state index is -0.147. The predicted octanol–water partition coefficient (Wildman–Crippen LogP) is 0.391. The number of nitrogens with one attached hydrogen (secondary N) is 2. The van der Waals surface area contributed by atoms with E-state index in [9.17, 15) is 4.79 Å². The fourth-order valence-corrected chi connectivity index (χ4v) is 3.97. The van der Waals surface area contributed by atoms with E-state index in [4.69, 9.17) is 9.47 Å². The van der Waals surface area contributed by atoms with E-state index in [-0.39, 0.29) is 6.03 Å². The first kappa shape index (κ1) is 18.5. The maximum Gasteiger partial charge on any atom is 0.324 e. The lowest BCUT2D eigenvalue weighted by molar-refractivity contribution is 0.154. The van der Waals surface area contributed by atoms with Crippen LogP contribution in [0.2, 0.25) is 0 Å². The Bertz CT molecular complexity index is 992. The third kappa shape index (κ3) is 3.49. The van der Waals surface area contributed by atoms with Crippen LogP contribution in [0.15, 0.2) is 12.4 Å². The van der Waals surface area contributed by atoms with Gasteiger partial charge in [0.05, 0.1) is 25.3 Å². The summed E-state index contributed by atoms with van der Waals surface area (Å²) in [6, 6.07) is -0.147. The Balaban J connectivity index is 1.63. The molecule has 0 saturated carbocycles. The molecule has 0 spiro atoms. The van der Waals surface area contributed by atoms with Crippen molar-refractivity contribution in [3.05, 3.63) is 28.7 Å². The van der Waals surface area contributed by atoms with Crippen LogP contribution in [0, 0.1) is 5.92 Å². The van der Waals surface area contributed by atoms with Gasteiger partial charge in [-0.1, -0.05) is 0 Å². The van der Waals surface area contributed by atoms with Gasteiger partial charge in [-0.05, 0) is 18.4 Å². The summed E-state index contributed by atoms with van der Waals surface area (Å²) >= 11 is 0. The van der Waals surface area contributed by atoms with Crippen molar-refractivity contribution in [1.82, 2.24) is 24.6 Å². The Morgan fingerprint density at radius 3 is 2.96 bits per heavy atom. The molecule has 28 heavy (non-hydrogen) atoms. The summed E-state index contributed by atoms with van der Waals surface area (Å²) < 4.78 is 12.5. The molecule has 3 heterocycles. The molecule has 4 rings (SSSR count). The number of hydrogen-bond donors (Lipinski definition) is 2. The zero-order chi connectivity index (χ0) is 19.7. The SMILES string of the molecule is COC[C@H]1CCN(C(=O)Nc2nc3c([nH]2)=C(OC)CCC=3c2cnn(C)c2)C1. The standard InChI is InChI=1S/C19H26N6O3/c1-24-10-13(8-20-24)14-4-5-15(28-3)17-16(14)21-18(22-17)23-19(26)25-7-6-12(9-25)11-27-2/h8,10,12H,4-7,9,11H2,1-3H3,(H2,21,22,23,26)/t12-/m0/s1. The van der Waals surface area contributed by atoms with E-state index in [1.54, 1.807) is 23.8 Å². The van der Waals surface area contributed by atoms with Gasteiger partial charge in [0.1, 0.15) is 11.1 Å². The second-order valence-electron chi connectivity index (χ2n) is 7.30. The summed E-state index contributed by atoms with van der Waals surface area (Å²) in [5.74, 6) is 1.67. The summed E-state index contributed by atoms with van der Waals surface area (Å²) in [7, 11) is 5.24. The minimum absolute atomic E-state index is 0.147. The fourth-order valence-electron chi connectivity index (χ4n) is 3.97. The van der Waals surface area contributed by atoms with Crippen LogP contribution in [0.3, 0.4) is 0 Å². The van der Waals surface area contributed by atoms with Crippen molar-refractivity contribution < 1.29 is 14.3 Å². The highest BCUT2D eigenvalue weighted by molar-refractivity contribution is 5.87. The number of amides is 2. The third-order valence-corrected chi connectivity index (χ3v) is 5.37. The number of aromatic nitrogens is 4. The maximum absolute atomic E-state index is 12.6. The fraction of sp³-hybridized carbons (Fsp3) is 0.526. The number of ether oxygens (including phenoxy) is 2. The second kappa shape index (κ2) is 7.67. The number of anilines is 1. The van der Waals surface area contributed by atoms with Crippen molar-refractivity contribution in [1.29, 1.82) is 0 Å². The van der Waals surface area contributed by atoms with Crippen LogP contribution in [-0.4, -0.2) is 64.6 Å². The van der Waals surface area contributed by atoms with Crippen LogP contribution in [0.4, 0.5) is 10.7 Å². The smallest absolute Gasteiger partial charge is 0.324 e. The lowest BCUT2D eigenvalue weighted by Crippen LogP contribution is -2.33. The van der Waals surface area contributed by atoms with Gasteiger partial charge < -0.3 is 19.4 Å². The zero-order valence-electron chi connectivity index (χ0n) is 16.5. The molecule has 1 aliphatic heterocycles. The van der Waals surface area contributed by atoms with Gasteiger partial charge >= 0.3 is 6.03 Å². The van der Waals surface area contributed by atoms with Gasteiger partial charge in [0.2, 0.25) is 5.95 Å². The number of methoxy groups -OCH3 is 2. The Labute approximate surface area is 163 Å². The zero-order valence-corrected chi connectivity index (χ0v) is 16.5. The van der Waals surface area contributed by atoms with E-state index in [1.807, 2.05) is 19.4 Å². The second-order valence-corrected chi connectivity index (χ2v) is 7.30. The first-order chi connectivity index (χ1) is 13.6. The number of fused-ring (bicyclic) bond motifs is 1. The molecule has 2 aliphatic rings. The molecule has 0 radical (unpaired) electrons. The average molecular weight is 386 g/mol. The minimum Gasteiger partial charge on any atom is -0.499 e. The lowest BCUT2D eigenvalue weighted by atomic mass is 9.99. The number of hydrogen-bond acceptors (Lipinski definition) is 5. The molecule has 0 bridgehead atoms. The summed E-state index contributed by atoms with van der Waals surface area (Å²) in [4.78, 5) is 22.3. The highest BCUT2D eigenvalue weighted by Crippen LogP contribution is 2.22. The number of rotatable bonds is 5. The summed E-state index contributed by atoms with van der Waals surface area (Å²) in [6.07, 6.45) is 6.35. The number of H-pyrrole nitrogens is 1. The van der Waals surface area contributed by atoms with Crippen molar-refractivity contribution in [2.24, 2.45) is 13.0 Å². The number of imidazole rings is 1. The molecule has 9 nitrogen and oxygen atoms in total. The molecule has 150 valence electrons. The summed E-state index contributed by atoms with van der Waals surface area (Å²) in [5.41, 5.74) is 2.13. The van der Waals surface area contributed by atoms with Gasteiger partial charge in [-0.25, -0.2) is 9.78 Å². The van der Waals surface area contributed by atoms with Crippen molar-refractivity contribution in [2.75, 3.05) is 39.2 Å². The van der Waals surface area contributed by atoms with Gasteiger partial charge in [0.15, 0.2) is 0 Å². The Kier molecular flexibility index (Phi) is 5.08. The molecule has 2 aromatic rings. The number of aryl methyl sites for hydroxylation is 1. The van der Waals surface area contributed by atoms with E-state index in [0.29, 0.717) is 25.0 Å². The quantitative estimate of drug-likeness (QED) is 0.775. The van der Waals surface area contributed by atoms with E-state index >= 15 is 0 Å². The van der Waals surface area contributed by atoms with Gasteiger partial charge in [0, 0.05) is 51.3 Å². The molecule has 2 aromatic heterocycles. The topological polar surface area (TPSA) is 97.3 Å². The van der Waals surface area contributed by atoms with E-state index in [1.165, 1.54) is 0 Å². The van der Waals surface area contributed by atoms with E-state index in [2.05, 4.69) is 20.4 Å². The number of carbonyl (C=O) groups excluding carboxylic acids is 1. The van der Waals surface area contributed by atoms with Gasteiger partial charge in [-0.3, -0.25) is 10.00 Å². The van der Waals surface area contributed by atoms with Crippen LogP contribution in [0.1, 0.15) is 24.8 Å². The molecular formula is C19H26N6O3. The van der Waals surface area contributed by atoms with Crippen LogP contribution in [0.25, 0.3) is 11.3 Å². The van der Waals surface area contributed by atoms with Crippen molar-refractivity contribution in [3.63, 3.8) is 0 Å².